The summed E-state index contributed by atoms with van der Waals surface area (Å²) in [7, 11) is 0. The van der Waals surface area contributed by atoms with Crippen LogP contribution in [0.15, 0.2) is 18.5 Å². The van der Waals surface area contributed by atoms with Crippen molar-refractivity contribution >= 4 is 5.95 Å². The number of nitrogens with two attached hydrogens (primary N) is 1. The van der Waals surface area contributed by atoms with Gasteiger partial charge in [0.15, 0.2) is 0 Å². The molecule has 0 saturated carbocycles. The maximum Gasteiger partial charge on any atom is 0.259 e. The van der Waals surface area contributed by atoms with Crippen molar-refractivity contribution in [2.24, 2.45) is 5.84 Å². The largest absolute Gasteiger partial charge is 0.292 e. The first-order valence-electron chi connectivity index (χ1n) is 5.81. The van der Waals surface area contributed by atoms with Gasteiger partial charge in [-0.15, -0.1) is 5.10 Å². The molecular weight excluding hydrogens is 260 g/mol. The topological polar surface area (TPSA) is 125 Å². The second kappa shape index (κ2) is 4.66. The smallest absolute Gasteiger partial charge is 0.259 e. The van der Waals surface area contributed by atoms with E-state index in [0.717, 1.165) is 0 Å². The van der Waals surface area contributed by atoms with Gasteiger partial charge in [-0.2, -0.15) is 24.7 Å². The van der Waals surface area contributed by atoms with E-state index in [1.165, 1.54) is 9.36 Å². The van der Waals surface area contributed by atoms with Gasteiger partial charge in [-0.3, -0.25) is 5.43 Å². The second-order valence-corrected chi connectivity index (χ2v) is 3.97. The molecule has 0 fully saturated rings. The molecule has 3 rings (SSSR count). The number of hydrogen-bond donors (Lipinski definition) is 2. The van der Waals surface area contributed by atoms with Gasteiger partial charge >= 0.3 is 0 Å². The van der Waals surface area contributed by atoms with Crippen LogP contribution in [0, 0.1) is 13.8 Å². The van der Waals surface area contributed by atoms with E-state index < -0.39 is 0 Å². The average Bonchev–Trinajstić information content (AvgIpc) is 3.08. The molecule has 0 aliphatic carbocycles. The van der Waals surface area contributed by atoms with Crippen molar-refractivity contribution in [3.05, 3.63) is 30.1 Å². The molecule has 0 radical (unpaired) electrons. The normalized spacial score (nSPS) is 10.8. The molecule has 0 spiro atoms. The molecule has 0 aliphatic heterocycles. The summed E-state index contributed by atoms with van der Waals surface area (Å²) in [5.74, 6) is 7.55. The molecule has 0 aromatic carbocycles. The highest BCUT2D eigenvalue weighted by Gasteiger charge is 2.13. The Bertz CT molecular complexity index is 729. The van der Waals surface area contributed by atoms with Gasteiger partial charge in [0.25, 0.3) is 11.9 Å². The highest BCUT2D eigenvalue weighted by molar-refractivity contribution is 5.31. The standard InChI is InChI=1S/C10H12N10/c1-6-13-7(2)20(18-6)10-15-8(17-11)14-9(16-10)19-5-3-4-12-19/h3-5H,11H2,1-2H3,(H,14,15,16,17). The van der Waals surface area contributed by atoms with Crippen LogP contribution in [0.1, 0.15) is 11.6 Å². The fourth-order valence-corrected chi connectivity index (χ4v) is 1.71. The van der Waals surface area contributed by atoms with Crippen LogP contribution in [0.25, 0.3) is 11.9 Å². The molecule has 3 aromatic rings. The minimum atomic E-state index is 0.216. The zero-order valence-corrected chi connectivity index (χ0v) is 10.9. The third kappa shape index (κ3) is 2.07. The predicted octanol–water partition coefficient (Wildman–Crippen LogP) is -0.460. The van der Waals surface area contributed by atoms with Gasteiger partial charge in [-0.25, -0.2) is 15.5 Å². The number of aromatic nitrogens is 8. The summed E-state index contributed by atoms with van der Waals surface area (Å²) in [6, 6.07) is 1.77. The number of aryl methyl sites for hydroxylation is 2. The van der Waals surface area contributed by atoms with Crippen molar-refractivity contribution in [1.29, 1.82) is 0 Å². The van der Waals surface area contributed by atoms with Gasteiger partial charge in [0, 0.05) is 12.4 Å². The van der Waals surface area contributed by atoms with Crippen LogP contribution in [0.3, 0.4) is 0 Å². The maximum absolute atomic E-state index is 5.38. The van der Waals surface area contributed by atoms with Crippen LogP contribution in [0.2, 0.25) is 0 Å². The number of rotatable bonds is 3. The van der Waals surface area contributed by atoms with Crippen molar-refractivity contribution < 1.29 is 0 Å². The van der Waals surface area contributed by atoms with E-state index in [1.807, 2.05) is 6.92 Å². The van der Waals surface area contributed by atoms with E-state index in [0.29, 0.717) is 23.5 Å². The van der Waals surface area contributed by atoms with Gasteiger partial charge in [0.1, 0.15) is 11.6 Å². The van der Waals surface area contributed by atoms with Crippen molar-refractivity contribution in [2.75, 3.05) is 5.43 Å². The van der Waals surface area contributed by atoms with Gasteiger partial charge in [-0.1, -0.05) is 0 Å². The summed E-state index contributed by atoms with van der Waals surface area (Å²) in [6.07, 6.45) is 3.35. The monoisotopic (exact) mass is 272 g/mol. The number of nitrogen functional groups attached to an aromatic ring is 1. The van der Waals surface area contributed by atoms with Crippen LogP contribution < -0.4 is 11.3 Å². The summed E-state index contributed by atoms with van der Waals surface area (Å²) in [6.45, 7) is 3.61. The lowest BCUT2D eigenvalue weighted by molar-refractivity contribution is 0.728. The zero-order chi connectivity index (χ0) is 14.1. The Morgan fingerprint density at radius 2 is 1.90 bits per heavy atom. The number of hydrazine groups is 1. The molecule has 0 saturated heterocycles. The Morgan fingerprint density at radius 1 is 1.10 bits per heavy atom. The van der Waals surface area contributed by atoms with Gasteiger partial charge in [0.05, 0.1) is 0 Å². The highest BCUT2D eigenvalue weighted by Crippen LogP contribution is 2.09. The van der Waals surface area contributed by atoms with Gasteiger partial charge in [-0.05, 0) is 19.9 Å². The lowest BCUT2D eigenvalue weighted by Gasteiger charge is -2.06. The minimum Gasteiger partial charge on any atom is -0.292 e. The highest BCUT2D eigenvalue weighted by atomic mass is 15.5. The Balaban J connectivity index is 2.16. The summed E-state index contributed by atoms with van der Waals surface area (Å²) >= 11 is 0. The molecule has 3 N–H and O–H groups in total. The molecule has 10 nitrogen and oxygen atoms in total. The zero-order valence-electron chi connectivity index (χ0n) is 10.9. The molecule has 0 amide bonds. The number of hydrogen-bond acceptors (Lipinski definition) is 8. The van der Waals surface area contributed by atoms with Crippen molar-refractivity contribution in [3.8, 4) is 11.9 Å². The third-order valence-electron chi connectivity index (χ3n) is 2.51. The molecule has 20 heavy (non-hydrogen) atoms. The number of anilines is 1. The van der Waals surface area contributed by atoms with E-state index in [2.05, 4.69) is 35.6 Å². The maximum atomic E-state index is 5.38. The summed E-state index contributed by atoms with van der Waals surface area (Å²) < 4.78 is 3.02. The van der Waals surface area contributed by atoms with Crippen LogP contribution in [-0.2, 0) is 0 Å². The molecule has 10 heteroatoms. The summed E-state index contributed by atoms with van der Waals surface area (Å²) in [4.78, 5) is 16.8. The lowest BCUT2D eigenvalue weighted by atomic mass is 10.7. The molecule has 102 valence electrons. The molecule has 0 aliphatic rings. The van der Waals surface area contributed by atoms with Gasteiger partial charge in [0.2, 0.25) is 5.95 Å². The first-order valence-corrected chi connectivity index (χ1v) is 5.81. The molecule has 0 bridgehead atoms. The summed E-state index contributed by atoms with van der Waals surface area (Å²) in [5.41, 5.74) is 2.40. The van der Waals surface area contributed by atoms with Crippen LogP contribution >= 0.6 is 0 Å². The van der Waals surface area contributed by atoms with Gasteiger partial charge < -0.3 is 0 Å². The van der Waals surface area contributed by atoms with Crippen LogP contribution in [0.5, 0.6) is 0 Å². The lowest BCUT2D eigenvalue weighted by Crippen LogP contribution is -2.17. The molecular formula is C10H12N10. The van der Waals surface area contributed by atoms with E-state index in [4.69, 9.17) is 5.84 Å². The first kappa shape index (κ1) is 12.2. The van der Waals surface area contributed by atoms with Crippen molar-refractivity contribution in [1.82, 2.24) is 39.5 Å². The quantitative estimate of drug-likeness (QED) is 0.484. The Kier molecular flexibility index (Phi) is 2.84. The fourth-order valence-electron chi connectivity index (χ4n) is 1.71. The average molecular weight is 272 g/mol. The van der Waals surface area contributed by atoms with Crippen molar-refractivity contribution in [3.63, 3.8) is 0 Å². The van der Waals surface area contributed by atoms with E-state index in [-0.39, 0.29) is 5.95 Å². The van der Waals surface area contributed by atoms with Crippen molar-refractivity contribution in [2.45, 2.75) is 13.8 Å². The number of nitrogens with zero attached hydrogens (tertiary/aromatic N) is 8. The molecule has 0 atom stereocenters. The fraction of sp³-hybridized carbons (Fsp3) is 0.200. The van der Waals surface area contributed by atoms with Crippen LogP contribution in [0.4, 0.5) is 5.95 Å². The molecule has 0 unspecified atom stereocenters. The third-order valence-corrected chi connectivity index (χ3v) is 2.51. The van der Waals surface area contributed by atoms with E-state index >= 15 is 0 Å². The van der Waals surface area contributed by atoms with E-state index in [1.54, 1.807) is 25.4 Å². The second-order valence-electron chi connectivity index (χ2n) is 3.97. The Hall–Kier alpha value is -2.88. The first-order chi connectivity index (χ1) is 9.67. The minimum absolute atomic E-state index is 0.216. The Morgan fingerprint density at radius 3 is 2.50 bits per heavy atom. The molecule has 3 heterocycles. The summed E-state index contributed by atoms with van der Waals surface area (Å²) in [5, 5.41) is 8.31. The SMILES string of the molecule is Cc1nc(C)n(-c2nc(NN)nc(-n3cccn3)n2)n1. The Labute approximate surface area is 113 Å². The van der Waals surface area contributed by atoms with Crippen LogP contribution in [-0.4, -0.2) is 39.5 Å². The molecule has 3 aromatic heterocycles. The van der Waals surface area contributed by atoms with E-state index in [9.17, 15) is 0 Å². The number of nitrogens with one attached hydrogen (secondary N) is 1. The predicted molar refractivity (Wildman–Crippen MR) is 69.2 cm³/mol.